The lowest BCUT2D eigenvalue weighted by Gasteiger charge is -2.26. The molecule has 0 N–H and O–H groups in total. The lowest BCUT2D eigenvalue weighted by atomic mass is 10.4. The zero-order chi connectivity index (χ0) is 15.1. The summed E-state index contributed by atoms with van der Waals surface area (Å²) in [6, 6.07) is 5.76. The summed E-state index contributed by atoms with van der Waals surface area (Å²) >= 11 is 5.86. The van der Waals surface area contributed by atoms with Gasteiger partial charge in [-0.25, -0.2) is 9.59 Å². The van der Waals surface area contributed by atoms with Crippen LogP contribution in [0.3, 0.4) is 0 Å². The summed E-state index contributed by atoms with van der Waals surface area (Å²) in [5, 5.41) is 5.65. The molecule has 0 aliphatic rings. The molecule has 21 heavy (non-hydrogen) atoms. The first-order chi connectivity index (χ1) is 10.2. The fraction of sp³-hybridized carbons (Fsp3) is 0.231. The SMILES string of the molecule is CC(Sc1ccsc1)C(N=C=O)(N=C=O)Sc1cccs1. The van der Waals surface area contributed by atoms with Crippen LogP contribution >= 0.6 is 46.2 Å². The molecule has 108 valence electrons. The molecule has 0 aliphatic heterocycles. The molecule has 4 nitrogen and oxygen atoms in total. The fourth-order valence-electron chi connectivity index (χ4n) is 1.54. The van der Waals surface area contributed by atoms with Crippen LogP contribution in [0.4, 0.5) is 0 Å². The Morgan fingerprint density at radius 3 is 2.52 bits per heavy atom. The summed E-state index contributed by atoms with van der Waals surface area (Å²) in [4.78, 5) is 29.1. The lowest BCUT2D eigenvalue weighted by molar-refractivity contribution is 0.539. The average molecular weight is 355 g/mol. The molecule has 2 aromatic heterocycles. The van der Waals surface area contributed by atoms with Crippen LogP contribution in [0.15, 0.2) is 53.4 Å². The fourth-order valence-corrected chi connectivity index (χ4v) is 5.58. The van der Waals surface area contributed by atoms with Crippen LogP contribution in [0, 0.1) is 0 Å². The van der Waals surface area contributed by atoms with Crippen molar-refractivity contribution in [3.05, 3.63) is 34.3 Å². The summed E-state index contributed by atoms with van der Waals surface area (Å²) in [7, 11) is 0. The average Bonchev–Trinajstić information content (AvgIpc) is 3.12. The van der Waals surface area contributed by atoms with Gasteiger partial charge >= 0.3 is 0 Å². The third-order valence-electron chi connectivity index (χ3n) is 2.50. The molecule has 2 aromatic rings. The van der Waals surface area contributed by atoms with Gasteiger partial charge in [0.1, 0.15) is 0 Å². The number of thiophene rings is 2. The largest absolute Gasteiger partial charge is 0.238 e. The molecule has 0 radical (unpaired) electrons. The molecule has 0 spiro atoms. The van der Waals surface area contributed by atoms with Crippen molar-refractivity contribution in [2.24, 2.45) is 9.98 Å². The maximum Gasteiger partial charge on any atom is 0.238 e. The Morgan fingerprint density at radius 2 is 2.00 bits per heavy atom. The van der Waals surface area contributed by atoms with Gasteiger partial charge in [-0.15, -0.1) is 23.1 Å². The number of hydrogen-bond acceptors (Lipinski definition) is 8. The lowest BCUT2D eigenvalue weighted by Crippen LogP contribution is -2.30. The van der Waals surface area contributed by atoms with E-state index < -0.39 is 4.99 Å². The van der Waals surface area contributed by atoms with E-state index in [2.05, 4.69) is 9.98 Å². The van der Waals surface area contributed by atoms with Gasteiger partial charge in [-0.2, -0.15) is 21.3 Å². The van der Waals surface area contributed by atoms with Gasteiger partial charge in [-0.3, -0.25) is 0 Å². The molecule has 0 saturated carbocycles. The van der Waals surface area contributed by atoms with Gasteiger partial charge in [0.2, 0.25) is 17.2 Å². The van der Waals surface area contributed by atoms with Crippen LogP contribution in [0.2, 0.25) is 0 Å². The summed E-state index contributed by atoms with van der Waals surface area (Å²) < 4.78 is 0.922. The number of carbonyl (C=O) groups excluding carboxylic acids is 2. The Morgan fingerprint density at radius 1 is 1.24 bits per heavy atom. The minimum atomic E-state index is -1.25. The predicted molar refractivity (Wildman–Crippen MR) is 88.8 cm³/mol. The van der Waals surface area contributed by atoms with Crippen LogP contribution in [0.1, 0.15) is 6.92 Å². The Balaban J connectivity index is 2.33. The van der Waals surface area contributed by atoms with E-state index in [9.17, 15) is 9.59 Å². The number of rotatable bonds is 7. The second-order valence-electron chi connectivity index (χ2n) is 3.82. The highest BCUT2D eigenvalue weighted by Crippen LogP contribution is 2.45. The highest BCUT2D eigenvalue weighted by Gasteiger charge is 2.39. The highest BCUT2D eigenvalue weighted by atomic mass is 32.2. The van der Waals surface area contributed by atoms with E-state index in [4.69, 9.17) is 0 Å². The van der Waals surface area contributed by atoms with Gasteiger partial charge in [0.15, 0.2) is 0 Å². The van der Waals surface area contributed by atoms with Gasteiger partial charge in [0.25, 0.3) is 0 Å². The standard InChI is InChI=1S/C13H10N2O2S4/c1-10(20-11-4-6-18-7-11)13(14-8-16,15-9-17)21-12-3-2-5-19-12/h2-7,10H,1H3. The van der Waals surface area contributed by atoms with Gasteiger partial charge in [0, 0.05) is 10.3 Å². The van der Waals surface area contributed by atoms with E-state index in [1.165, 1.54) is 34.9 Å². The van der Waals surface area contributed by atoms with Crippen molar-refractivity contribution in [1.29, 1.82) is 0 Å². The van der Waals surface area contributed by atoms with Crippen LogP contribution in [-0.2, 0) is 9.59 Å². The van der Waals surface area contributed by atoms with Crippen molar-refractivity contribution in [3.63, 3.8) is 0 Å². The molecule has 0 fully saturated rings. The zero-order valence-corrected chi connectivity index (χ0v) is 14.2. The molecular formula is C13H10N2O2S4. The van der Waals surface area contributed by atoms with Crippen molar-refractivity contribution < 1.29 is 9.59 Å². The zero-order valence-electron chi connectivity index (χ0n) is 10.9. The van der Waals surface area contributed by atoms with Crippen molar-refractivity contribution in [2.45, 2.75) is 26.3 Å². The van der Waals surface area contributed by atoms with E-state index in [1.807, 2.05) is 41.3 Å². The molecule has 0 bridgehead atoms. The van der Waals surface area contributed by atoms with Crippen LogP contribution in [0.25, 0.3) is 0 Å². The first kappa shape index (κ1) is 16.2. The van der Waals surface area contributed by atoms with Crippen molar-refractivity contribution >= 4 is 58.4 Å². The van der Waals surface area contributed by atoms with Crippen molar-refractivity contribution in [3.8, 4) is 0 Å². The normalized spacial score (nSPS) is 14.5. The Kier molecular flexibility index (Phi) is 5.99. The van der Waals surface area contributed by atoms with Gasteiger partial charge < -0.3 is 0 Å². The number of aliphatic imine (C=N–C) groups is 2. The Labute approximate surface area is 138 Å². The smallest absolute Gasteiger partial charge is 0.211 e. The van der Waals surface area contributed by atoms with Crippen molar-refractivity contribution in [2.75, 3.05) is 0 Å². The molecule has 2 heterocycles. The maximum atomic E-state index is 10.8. The molecule has 0 aromatic carbocycles. The van der Waals surface area contributed by atoms with Gasteiger partial charge in [-0.1, -0.05) is 17.8 Å². The van der Waals surface area contributed by atoms with E-state index in [1.54, 1.807) is 23.5 Å². The number of thioether (sulfide) groups is 2. The molecule has 0 aliphatic carbocycles. The van der Waals surface area contributed by atoms with Crippen LogP contribution < -0.4 is 0 Å². The summed E-state index contributed by atoms with van der Waals surface area (Å²) in [6.45, 7) is 1.88. The summed E-state index contributed by atoms with van der Waals surface area (Å²) in [6.07, 6.45) is 3.08. The van der Waals surface area contributed by atoms with Gasteiger partial charge in [-0.05, 0) is 29.8 Å². The van der Waals surface area contributed by atoms with Crippen molar-refractivity contribution in [1.82, 2.24) is 0 Å². The van der Waals surface area contributed by atoms with Crippen LogP contribution in [0.5, 0.6) is 0 Å². The molecule has 2 rings (SSSR count). The molecule has 0 saturated heterocycles. The Bertz CT molecular complexity index is 638. The number of isocyanates is 2. The minimum Gasteiger partial charge on any atom is -0.211 e. The minimum absolute atomic E-state index is 0.234. The molecule has 1 atom stereocenters. The second-order valence-corrected chi connectivity index (χ2v) is 8.46. The first-order valence-corrected chi connectivity index (χ1v) is 9.31. The third-order valence-corrected chi connectivity index (χ3v) is 7.06. The van der Waals surface area contributed by atoms with Gasteiger partial charge in [0.05, 0.1) is 9.46 Å². The summed E-state index contributed by atoms with van der Waals surface area (Å²) in [5.41, 5.74) is 0. The quantitative estimate of drug-likeness (QED) is 0.420. The summed E-state index contributed by atoms with van der Waals surface area (Å²) in [5.74, 6) is 0. The third kappa shape index (κ3) is 4.17. The van der Waals surface area contributed by atoms with E-state index >= 15 is 0 Å². The molecule has 0 amide bonds. The molecule has 1 unspecified atom stereocenters. The number of nitrogens with zero attached hydrogens (tertiary/aromatic N) is 2. The van der Waals surface area contributed by atoms with Crippen LogP contribution in [-0.4, -0.2) is 22.4 Å². The molecular weight excluding hydrogens is 344 g/mol. The van der Waals surface area contributed by atoms with E-state index in [0.29, 0.717) is 0 Å². The predicted octanol–water partition coefficient (Wildman–Crippen LogP) is 4.41. The highest BCUT2D eigenvalue weighted by molar-refractivity contribution is 8.05. The first-order valence-electron chi connectivity index (χ1n) is 5.79. The van der Waals surface area contributed by atoms with E-state index in [0.717, 1.165) is 9.10 Å². The molecule has 8 heteroatoms. The monoisotopic (exact) mass is 354 g/mol. The second kappa shape index (κ2) is 7.75. The van der Waals surface area contributed by atoms with E-state index in [-0.39, 0.29) is 5.25 Å². The Hall–Kier alpha value is -1.14. The topological polar surface area (TPSA) is 58.9 Å². The number of hydrogen-bond donors (Lipinski definition) is 0. The maximum absolute atomic E-state index is 10.8.